The standard InChI is InChI=1S/C24H28ClFN5O6P/c1-5-35-38(33,36-6-2)37-15(3)12-29-24(32)18-13-27-10-9-20(18)30-23-21(34-4)14-28-22(31-23)17-11-16(25)7-8-19(17)26/h7-11,13-15H,5-6,12H2,1-4H3,(H,29,32)(H,27,28,30,31). The van der Waals surface area contributed by atoms with Gasteiger partial charge in [0.1, 0.15) is 5.82 Å². The molecular weight excluding hydrogens is 540 g/mol. The van der Waals surface area contributed by atoms with E-state index in [0.29, 0.717) is 10.7 Å². The van der Waals surface area contributed by atoms with Gasteiger partial charge in [0.25, 0.3) is 5.91 Å². The van der Waals surface area contributed by atoms with Crippen molar-refractivity contribution < 1.29 is 32.1 Å². The maximum absolute atomic E-state index is 14.4. The summed E-state index contributed by atoms with van der Waals surface area (Å²) >= 11 is 6.02. The summed E-state index contributed by atoms with van der Waals surface area (Å²) in [5.74, 6) is -0.545. The molecule has 0 fully saturated rings. The highest BCUT2D eigenvalue weighted by Crippen LogP contribution is 2.50. The molecule has 1 amide bonds. The van der Waals surface area contributed by atoms with Crippen LogP contribution in [-0.2, 0) is 18.1 Å². The summed E-state index contributed by atoms with van der Waals surface area (Å²) in [5, 5.41) is 6.06. The average Bonchev–Trinajstić information content (AvgIpc) is 2.89. The van der Waals surface area contributed by atoms with Crippen LogP contribution in [0.5, 0.6) is 5.75 Å². The van der Waals surface area contributed by atoms with Gasteiger partial charge in [0.05, 0.1) is 49.4 Å². The second kappa shape index (κ2) is 13.6. The Bertz CT molecular complexity index is 1310. The number of phosphoric ester groups is 1. The van der Waals surface area contributed by atoms with E-state index in [1.807, 2.05) is 0 Å². The van der Waals surface area contributed by atoms with E-state index in [9.17, 15) is 13.8 Å². The van der Waals surface area contributed by atoms with Crippen LogP contribution in [0, 0.1) is 5.82 Å². The van der Waals surface area contributed by atoms with E-state index in [0.717, 1.165) is 0 Å². The van der Waals surface area contributed by atoms with E-state index in [1.165, 1.54) is 43.9 Å². The van der Waals surface area contributed by atoms with Gasteiger partial charge in [-0.1, -0.05) is 11.6 Å². The lowest BCUT2D eigenvalue weighted by Crippen LogP contribution is -2.32. The Hall–Kier alpha value is -3.15. The van der Waals surface area contributed by atoms with Crippen LogP contribution in [0.2, 0.25) is 5.02 Å². The molecule has 0 aliphatic rings. The molecular formula is C24H28ClFN5O6P. The third-order valence-electron chi connectivity index (χ3n) is 4.90. The lowest BCUT2D eigenvalue weighted by Gasteiger charge is -2.21. The Kier molecular flexibility index (Phi) is 10.5. The third kappa shape index (κ3) is 7.68. The zero-order valence-corrected chi connectivity index (χ0v) is 22.9. The molecule has 11 nitrogen and oxygen atoms in total. The molecule has 2 aromatic heterocycles. The summed E-state index contributed by atoms with van der Waals surface area (Å²) < 4.78 is 48.0. The van der Waals surface area contributed by atoms with Crippen LogP contribution >= 0.6 is 19.4 Å². The van der Waals surface area contributed by atoms with Crippen LogP contribution in [0.1, 0.15) is 31.1 Å². The molecule has 0 aliphatic heterocycles. The summed E-state index contributed by atoms with van der Waals surface area (Å²) in [7, 11) is -2.32. The Morgan fingerprint density at radius 1 is 1.18 bits per heavy atom. The van der Waals surface area contributed by atoms with Gasteiger partial charge in [0, 0.05) is 24.0 Å². The minimum absolute atomic E-state index is 0.00628. The van der Waals surface area contributed by atoms with Crippen molar-refractivity contribution in [2.75, 3.05) is 32.2 Å². The second-order valence-electron chi connectivity index (χ2n) is 7.69. The molecule has 0 bridgehead atoms. The quantitative estimate of drug-likeness (QED) is 0.259. The summed E-state index contributed by atoms with van der Waals surface area (Å²) in [6.45, 7) is 5.24. The van der Waals surface area contributed by atoms with Gasteiger partial charge in [0.2, 0.25) is 0 Å². The van der Waals surface area contributed by atoms with E-state index in [4.69, 9.17) is 29.9 Å². The number of phosphoric acid groups is 1. The minimum atomic E-state index is -3.75. The number of ether oxygens (including phenoxy) is 1. The van der Waals surface area contributed by atoms with Crippen molar-refractivity contribution in [1.29, 1.82) is 0 Å². The first-order valence-electron chi connectivity index (χ1n) is 11.6. The Balaban J connectivity index is 1.79. The molecule has 3 aromatic rings. The zero-order valence-electron chi connectivity index (χ0n) is 21.2. The highest BCUT2D eigenvalue weighted by Gasteiger charge is 2.28. The maximum Gasteiger partial charge on any atom is 0.475 e. The Morgan fingerprint density at radius 2 is 1.92 bits per heavy atom. The number of amides is 1. The van der Waals surface area contributed by atoms with Gasteiger partial charge >= 0.3 is 7.82 Å². The molecule has 0 aliphatic carbocycles. The molecule has 2 heterocycles. The number of nitrogens with zero attached hydrogens (tertiary/aromatic N) is 3. The van der Waals surface area contributed by atoms with Crippen molar-refractivity contribution in [2.24, 2.45) is 0 Å². The SMILES string of the molecule is CCOP(=O)(OCC)OC(C)CNC(=O)c1cnccc1Nc1nc(-c2cc(Cl)ccc2F)ncc1OC. The predicted octanol–water partition coefficient (Wildman–Crippen LogP) is 5.40. The number of aromatic nitrogens is 3. The van der Waals surface area contributed by atoms with Gasteiger partial charge in [-0.25, -0.2) is 18.9 Å². The number of carbonyl (C=O) groups excluding carboxylic acids is 1. The maximum atomic E-state index is 14.4. The number of rotatable bonds is 13. The molecule has 14 heteroatoms. The van der Waals surface area contributed by atoms with E-state index in [-0.39, 0.29) is 48.3 Å². The number of anilines is 2. The van der Waals surface area contributed by atoms with Gasteiger partial charge in [-0.3, -0.25) is 23.3 Å². The van der Waals surface area contributed by atoms with Crippen molar-refractivity contribution in [1.82, 2.24) is 20.3 Å². The summed E-state index contributed by atoms with van der Waals surface area (Å²) in [4.78, 5) is 25.6. The van der Waals surface area contributed by atoms with Crippen LogP contribution in [-0.4, -0.2) is 53.8 Å². The molecule has 3 rings (SSSR count). The van der Waals surface area contributed by atoms with Gasteiger partial charge < -0.3 is 15.4 Å². The van der Waals surface area contributed by atoms with Gasteiger partial charge in [-0.05, 0) is 45.0 Å². The molecule has 1 atom stereocenters. The molecule has 204 valence electrons. The molecule has 0 saturated heterocycles. The monoisotopic (exact) mass is 567 g/mol. The normalized spacial score (nSPS) is 12.2. The number of halogens is 2. The summed E-state index contributed by atoms with van der Waals surface area (Å²) in [6, 6.07) is 5.61. The molecule has 0 saturated carbocycles. The van der Waals surface area contributed by atoms with Gasteiger partial charge in [0.15, 0.2) is 17.4 Å². The van der Waals surface area contributed by atoms with E-state index in [2.05, 4.69) is 25.6 Å². The number of nitrogens with one attached hydrogen (secondary N) is 2. The van der Waals surface area contributed by atoms with Crippen molar-refractivity contribution in [2.45, 2.75) is 26.9 Å². The van der Waals surface area contributed by atoms with E-state index >= 15 is 0 Å². The number of hydrogen-bond donors (Lipinski definition) is 2. The number of benzene rings is 1. The lowest BCUT2D eigenvalue weighted by atomic mass is 10.2. The molecule has 0 radical (unpaired) electrons. The number of methoxy groups -OCH3 is 1. The van der Waals surface area contributed by atoms with Crippen molar-refractivity contribution in [3.8, 4) is 17.1 Å². The van der Waals surface area contributed by atoms with Crippen molar-refractivity contribution in [3.63, 3.8) is 0 Å². The fourth-order valence-electron chi connectivity index (χ4n) is 3.22. The molecule has 0 spiro atoms. The zero-order chi connectivity index (χ0) is 27.7. The third-order valence-corrected chi connectivity index (χ3v) is 6.90. The van der Waals surface area contributed by atoms with Crippen molar-refractivity contribution >= 4 is 36.8 Å². The first-order chi connectivity index (χ1) is 18.2. The summed E-state index contributed by atoms with van der Waals surface area (Å²) in [6.07, 6.45) is 3.53. The number of pyridine rings is 1. The van der Waals surface area contributed by atoms with E-state index in [1.54, 1.807) is 26.8 Å². The van der Waals surface area contributed by atoms with Crippen molar-refractivity contribution in [3.05, 3.63) is 59.3 Å². The van der Waals surface area contributed by atoms with E-state index < -0.39 is 25.7 Å². The average molecular weight is 568 g/mol. The summed E-state index contributed by atoms with van der Waals surface area (Å²) in [5.41, 5.74) is 0.616. The number of carbonyl (C=O) groups is 1. The predicted molar refractivity (Wildman–Crippen MR) is 140 cm³/mol. The Labute approximate surface area is 224 Å². The molecule has 1 aromatic carbocycles. The lowest BCUT2D eigenvalue weighted by molar-refractivity contribution is 0.0811. The van der Waals surface area contributed by atoms with Crippen LogP contribution in [0.4, 0.5) is 15.9 Å². The minimum Gasteiger partial charge on any atom is -0.491 e. The first kappa shape index (κ1) is 29.4. The largest absolute Gasteiger partial charge is 0.491 e. The van der Waals surface area contributed by atoms with Crippen LogP contribution in [0.3, 0.4) is 0 Å². The smallest absolute Gasteiger partial charge is 0.475 e. The fraction of sp³-hybridized carbons (Fsp3) is 0.333. The van der Waals surface area contributed by atoms with Gasteiger partial charge in [-0.15, -0.1) is 0 Å². The van der Waals surface area contributed by atoms with Crippen LogP contribution < -0.4 is 15.4 Å². The Morgan fingerprint density at radius 3 is 2.61 bits per heavy atom. The first-order valence-corrected chi connectivity index (χ1v) is 13.5. The topological polar surface area (TPSA) is 134 Å². The molecule has 1 unspecified atom stereocenters. The van der Waals surface area contributed by atoms with Crippen LogP contribution in [0.15, 0.2) is 42.9 Å². The molecule has 38 heavy (non-hydrogen) atoms. The number of hydrogen-bond acceptors (Lipinski definition) is 10. The second-order valence-corrected chi connectivity index (χ2v) is 9.75. The molecule has 2 N–H and O–H groups in total. The van der Waals surface area contributed by atoms with Crippen LogP contribution in [0.25, 0.3) is 11.4 Å². The highest BCUT2D eigenvalue weighted by molar-refractivity contribution is 7.48. The highest BCUT2D eigenvalue weighted by atomic mass is 35.5. The fourth-order valence-corrected chi connectivity index (χ4v) is 4.74. The van der Waals surface area contributed by atoms with Gasteiger partial charge in [-0.2, -0.15) is 0 Å².